The maximum Gasteiger partial charge on any atom is 0.184 e. The second-order valence-electron chi connectivity index (χ2n) is 10.4. The summed E-state index contributed by atoms with van der Waals surface area (Å²) in [6, 6.07) is 0. The molecule has 0 saturated heterocycles. The van der Waals surface area contributed by atoms with Crippen LogP contribution in [-0.2, 0) is 14.3 Å². The van der Waals surface area contributed by atoms with Crippen molar-refractivity contribution >= 4 is 5.78 Å². The molecule has 0 aromatic carbocycles. The Hall–Kier alpha value is -0.410. The molecule has 0 N–H and O–H groups in total. The van der Waals surface area contributed by atoms with E-state index in [1.54, 1.807) is 0 Å². The van der Waals surface area contributed by atoms with Crippen molar-refractivity contribution in [3.63, 3.8) is 0 Å². The SMILES string of the molecule is CC(C)[C@@H]1CC[C@@H](C)C[C@H]1OCC(=O)COC1CCC(C(C)(C)C)CC1. The van der Waals surface area contributed by atoms with Crippen LogP contribution in [0, 0.1) is 29.1 Å². The van der Waals surface area contributed by atoms with Crippen LogP contribution in [0.25, 0.3) is 0 Å². The van der Waals surface area contributed by atoms with Crippen LogP contribution in [0.4, 0.5) is 0 Å². The lowest BCUT2D eigenvalue weighted by atomic mass is 9.72. The van der Waals surface area contributed by atoms with Gasteiger partial charge in [0, 0.05) is 0 Å². The average molecular weight is 367 g/mol. The number of Topliss-reactive ketones (excluding diaryl/α,β-unsaturated/α-hetero) is 1. The third-order valence-electron chi connectivity index (χ3n) is 6.80. The standard InChI is InChI=1S/C23H42O3/c1-16(2)21-12-7-17(3)13-22(21)26-15-19(24)14-25-20-10-8-18(9-11-20)23(4,5)6/h16-18,20-22H,7-15H2,1-6H3/t17-,18?,20?,21+,22-/m1/s1. The maximum absolute atomic E-state index is 12.3. The molecule has 3 heteroatoms. The summed E-state index contributed by atoms with van der Waals surface area (Å²) < 4.78 is 12.0. The normalized spacial score (nSPS) is 33.4. The molecule has 2 fully saturated rings. The van der Waals surface area contributed by atoms with E-state index in [1.807, 2.05) is 0 Å². The van der Waals surface area contributed by atoms with Crippen molar-refractivity contribution in [1.29, 1.82) is 0 Å². The van der Waals surface area contributed by atoms with E-state index in [0.717, 1.165) is 25.2 Å². The van der Waals surface area contributed by atoms with Crippen LogP contribution in [0.2, 0.25) is 0 Å². The monoisotopic (exact) mass is 366 g/mol. The molecule has 0 aromatic heterocycles. The third-order valence-corrected chi connectivity index (χ3v) is 6.80. The molecule has 26 heavy (non-hydrogen) atoms. The lowest BCUT2D eigenvalue weighted by Crippen LogP contribution is -2.36. The van der Waals surface area contributed by atoms with Gasteiger partial charge in [-0.2, -0.15) is 0 Å². The fourth-order valence-corrected chi connectivity index (χ4v) is 4.85. The fourth-order valence-electron chi connectivity index (χ4n) is 4.85. The molecule has 0 bridgehead atoms. The summed E-state index contributed by atoms with van der Waals surface area (Å²) in [6.07, 6.45) is 8.72. The summed E-state index contributed by atoms with van der Waals surface area (Å²) in [6.45, 7) is 14.3. The number of hydrogen-bond donors (Lipinski definition) is 0. The molecular weight excluding hydrogens is 324 g/mol. The largest absolute Gasteiger partial charge is 0.370 e. The molecule has 0 radical (unpaired) electrons. The van der Waals surface area contributed by atoms with E-state index in [4.69, 9.17) is 9.47 Å². The molecular formula is C23H42O3. The zero-order valence-electron chi connectivity index (χ0n) is 18.1. The summed E-state index contributed by atoms with van der Waals surface area (Å²) in [7, 11) is 0. The number of ketones is 1. The quantitative estimate of drug-likeness (QED) is 0.583. The first kappa shape index (κ1) is 21.9. The Balaban J connectivity index is 1.67. The van der Waals surface area contributed by atoms with Crippen LogP contribution in [0.3, 0.4) is 0 Å². The summed E-state index contributed by atoms with van der Waals surface area (Å²) in [5.74, 6) is 2.80. The van der Waals surface area contributed by atoms with Gasteiger partial charge in [0.05, 0.1) is 12.2 Å². The zero-order chi connectivity index (χ0) is 19.3. The smallest absolute Gasteiger partial charge is 0.184 e. The van der Waals surface area contributed by atoms with Crippen molar-refractivity contribution < 1.29 is 14.3 Å². The number of carbonyl (C=O) groups is 1. The predicted octanol–water partition coefficient (Wildman–Crippen LogP) is 5.65. The molecule has 0 amide bonds. The average Bonchev–Trinajstić information content (AvgIpc) is 2.57. The summed E-state index contributed by atoms with van der Waals surface area (Å²) >= 11 is 0. The predicted molar refractivity (Wildman–Crippen MR) is 107 cm³/mol. The Morgan fingerprint density at radius 3 is 2.15 bits per heavy atom. The number of ether oxygens (including phenoxy) is 2. The lowest BCUT2D eigenvalue weighted by molar-refractivity contribution is -0.136. The molecule has 2 saturated carbocycles. The molecule has 2 aliphatic rings. The molecule has 0 aromatic rings. The van der Waals surface area contributed by atoms with Gasteiger partial charge in [-0.05, 0) is 67.6 Å². The summed E-state index contributed by atoms with van der Waals surface area (Å²) in [4.78, 5) is 12.3. The third kappa shape index (κ3) is 6.64. The van der Waals surface area contributed by atoms with Crippen LogP contribution in [0.15, 0.2) is 0 Å². The Morgan fingerprint density at radius 2 is 1.58 bits per heavy atom. The van der Waals surface area contributed by atoms with E-state index in [0.29, 0.717) is 23.2 Å². The van der Waals surface area contributed by atoms with Gasteiger partial charge in [0.1, 0.15) is 13.2 Å². The van der Waals surface area contributed by atoms with Crippen molar-refractivity contribution in [3.05, 3.63) is 0 Å². The number of rotatable bonds is 7. The van der Waals surface area contributed by atoms with Gasteiger partial charge in [0.15, 0.2) is 5.78 Å². The van der Waals surface area contributed by atoms with E-state index in [2.05, 4.69) is 41.5 Å². The van der Waals surface area contributed by atoms with Crippen molar-refractivity contribution in [3.8, 4) is 0 Å². The van der Waals surface area contributed by atoms with Gasteiger partial charge in [-0.25, -0.2) is 0 Å². The van der Waals surface area contributed by atoms with E-state index >= 15 is 0 Å². The molecule has 2 aliphatic carbocycles. The van der Waals surface area contributed by atoms with E-state index in [1.165, 1.54) is 25.7 Å². The van der Waals surface area contributed by atoms with E-state index in [-0.39, 0.29) is 31.2 Å². The van der Waals surface area contributed by atoms with E-state index < -0.39 is 0 Å². The van der Waals surface area contributed by atoms with Crippen molar-refractivity contribution in [2.45, 2.75) is 98.7 Å². The van der Waals surface area contributed by atoms with Crippen LogP contribution in [0.1, 0.15) is 86.5 Å². The van der Waals surface area contributed by atoms with Gasteiger partial charge in [0.2, 0.25) is 0 Å². The van der Waals surface area contributed by atoms with Crippen LogP contribution in [0.5, 0.6) is 0 Å². The molecule has 2 rings (SSSR count). The first-order valence-corrected chi connectivity index (χ1v) is 10.9. The van der Waals surface area contributed by atoms with Gasteiger partial charge < -0.3 is 9.47 Å². The highest BCUT2D eigenvalue weighted by molar-refractivity contribution is 5.80. The first-order valence-electron chi connectivity index (χ1n) is 10.9. The minimum Gasteiger partial charge on any atom is -0.370 e. The Bertz CT molecular complexity index is 429. The number of carbonyl (C=O) groups excluding carboxylic acids is 1. The molecule has 3 atom stereocenters. The Morgan fingerprint density at radius 1 is 0.962 bits per heavy atom. The molecule has 152 valence electrons. The van der Waals surface area contributed by atoms with Gasteiger partial charge in [-0.3, -0.25) is 4.79 Å². The maximum atomic E-state index is 12.3. The van der Waals surface area contributed by atoms with Crippen molar-refractivity contribution in [2.24, 2.45) is 29.1 Å². The molecule has 0 unspecified atom stereocenters. The fraction of sp³-hybridized carbons (Fsp3) is 0.957. The lowest BCUT2D eigenvalue weighted by Gasteiger charge is -2.37. The molecule has 0 heterocycles. The zero-order valence-corrected chi connectivity index (χ0v) is 18.1. The highest BCUT2D eigenvalue weighted by Crippen LogP contribution is 2.38. The van der Waals surface area contributed by atoms with E-state index in [9.17, 15) is 4.79 Å². The molecule has 0 aliphatic heterocycles. The topological polar surface area (TPSA) is 35.5 Å². The highest BCUT2D eigenvalue weighted by Gasteiger charge is 2.32. The molecule has 3 nitrogen and oxygen atoms in total. The Kier molecular flexibility index (Phi) is 8.15. The second kappa shape index (κ2) is 9.68. The van der Waals surface area contributed by atoms with Crippen LogP contribution in [-0.4, -0.2) is 31.2 Å². The highest BCUT2D eigenvalue weighted by atomic mass is 16.5. The van der Waals surface area contributed by atoms with Gasteiger partial charge >= 0.3 is 0 Å². The van der Waals surface area contributed by atoms with Gasteiger partial charge in [0.25, 0.3) is 0 Å². The van der Waals surface area contributed by atoms with Crippen molar-refractivity contribution in [1.82, 2.24) is 0 Å². The second-order valence-corrected chi connectivity index (χ2v) is 10.4. The summed E-state index contributed by atoms with van der Waals surface area (Å²) in [5.41, 5.74) is 0.388. The minimum atomic E-state index is 0.101. The van der Waals surface area contributed by atoms with Crippen LogP contribution < -0.4 is 0 Å². The summed E-state index contributed by atoms with van der Waals surface area (Å²) in [5, 5.41) is 0. The van der Waals surface area contributed by atoms with Gasteiger partial charge in [-0.1, -0.05) is 48.0 Å². The minimum absolute atomic E-state index is 0.101. The van der Waals surface area contributed by atoms with Crippen LogP contribution >= 0.6 is 0 Å². The molecule has 0 spiro atoms. The van der Waals surface area contributed by atoms with Gasteiger partial charge in [-0.15, -0.1) is 0 Å². The number of hydrogen-bond acceptors (Lipinski definition) is 3. The Labute approximate surface area is 161 Å². The van der Waals surface area contributed by atoms with Crippen molar-refractivity contribution in [2.75, 3.05) is 13.2 Å². The first-order chi connectivity index (χ1) is 12.2.